The smallest absolute Gasteiger partial charge is 0.272 e. The zero-order chi connectivity index (χ0) is 14.7. The molecule has 0 aliphatic carbocycles. The number of anilines is 1. The van der Waals surface area contributed by atoms with Crippen molar-refractivity contribution < 1.29 is 4.79 Å². The van der Waals surface area contributed by atoms with Gasteiger partial charge >= 0.3 is 0 Å². The van der Waals surface area contributed by atoms with Gasteiger partial charge in [-0.2, -0.15) is 4.79 Å². The van der Waals surface area contributed by atoms with Gasteiger partial charge in [0, 0.05) is 19.3 Å². The van der Waals surface area contributed by atoms with E-state index in [-0.39, 0.29) is 5.91 Å². The average Bonchev–Trinajstić information content (AvgIpc) is 3.01. The first kappa shape index (κ1) is 13.5. The molecule has 2 aromatic heterocycles. The van der Waals surface area contributed by atoms with E-state index in [0.717, 1.165) is 24.8 Å². The minimum atomic E-state index is -0.258. The van der Waals surface area contributed by atoms with E-state index in [0.29, 0.717) is 5.56 Å². The van der Waals surface area contributed by atoms with Crippen molar-refractivity contribution in [1.82, 2.24) is 20.1 Å². The lowest BCUT2D eigenvalue weighted by molar-refractivity contribution is 0.100. The number of nitrogens with zero attached hydrogens (tertiary/aromatic N) is 5. The van der Waals surface area contributed by atoms with Crippen molar-refractivity contribution in [2.24, 2.45) is 5.92 Å². The van der Waals surface area contributed by atoms with Crippen LogP contribution in [0.15, 0.2) is 30.7 Å². The lowest BCUT2D eigenvalue weighted by Crippen LogP contribution is -2.33. The molecule has 1 saturated heterocycles. The molecule has 7 nitrogen and oxygen atoms in total. The topological polar surface area (TPSA) is 75.9 Å². The van der Waals surface area contributed by atoms with Crippen LogP contribution in [-0.2, 0) is 0 Å². The zero-order valence-electron chi connectivity index (χ0n) is 11.9. The summed E-state index contributed by atoms with van der Waals surface area (Å²) < 4.78 is 0. The van der Waals surface area contributed by atoms with Crippen LogP contribution in [0.5, 0.6) is 0 Å². The van der Waals surface area contributed by atoms with Crippen LogP contribution in [0.3, 0.4) is 0 Å². The molecule has 1 aliphatic rings. The van der Waals surface area contributed by atoms with Gasteiger partial charge in [0.25, 0.3) is 5.91 Å². The van der Waals surface area contributed by atoms with Crippen LogP contribution in [-0.4, -0.2) is 39.1 Å². The number of carbonyl (C=O) groups excluding carboxylic acids is 1. The molecule has 0 unspecified atom stereocenters. The van der Waals surface area contributed by atoms with Crippen LogP contribution < -0.4 is 10.3 Å². The number of rotatable bonds is 3. The minimum absolute atomic E-state index is 0.258. The van der Waals surface area contributed by atoms with E-state index in [4.69, 9.17) is 0 Å². The van der Waals surface area contributed by atoms with E-state index in [9.17, 15) is 4.79 Å². The van der Waals surface area contributed by atoms with Crippen molar-refractivity contribution in [2.45, 2.75) is 19.8 Å². The summed E-state index contributed by atoms with van der Waals surface area (Å²) in [7, 11) is 0. The second-order valence-corrected chi connectivity index (χ2v) is 5.36. The summed E-state index contributed by atoms with van der Waals surface area (Å²) >= 11 is 0. The van der Waals surface area contributed by atoms with Crippen LogP contribution >= 0.6 is 0 Å². The van der Waals surface area contributed by atoms with Gasteiger partial charge in [-0.05, 0) is 36.1 Å². The molecule has 0 spiro atoms. The normalized spacial score (nSPS) is 16.0. The zero-order valence-corrected chi connectivity index (χ0v) is 11.9. The minimum Gasteiger partial charge on any atom is -0.357 e. The SMILES string of the molecule is CC1CCN(c2ccc(C(=O)Nn3ccnn3)cn2)CC1. The van der Waals surface area contributed by atoms with Crippen molar-refractivity contribution in [3.8, 4) is 0 Å². The van der Waals surface area contributed by atoms with Gasteiger partial charge < -0.3 is 4.90 Å². The first-order chi connectivity index (χ1) is 10.2. The van der Waals surface area contributed by atoms with E-state index < -0.39 is 0 Å². The maximum atomic E-state index is 12.0. The molecule has 1 fully saturated rings. The largest absolute Gasteiger partial charge is 0.357 e. The molecule has 21 heavy (non-hydrogen) atoms. The average molecular weight is 286 g/mol. The first-order valence-corrected chi connectivity index (χ1v) is 7.11. The van der Waals surface area contributed by atoms with Gasteiger partial charge in [-0.3, -0.25) is 4.79 Å². The molecule has 3 rings (SSSR count). The fraction of sp³-hybridized carbons (Fsp3) is 0.429. The number of piperidine rings is 1. The predicted molar refractivity (Wildman–Crippen MR) is 78.6 cm³/mol. The molecular weight excluding hydrogens is 268 g/mol. The Bertz CT molecular complexity index is 586. The summed E-state index contributed by atoms with van der Waals surface area (Å²) in [5, 5.41) is 7.31. The van der Waals surface area contributed by atoms with Crippen LogP contribution in [0, 0.1) is 5.92 Å². The van der Waals surface area contributed by atoms with Gasteiger partial charge in [-0.1, -0.05) is 6.92 Å². The summed E-state index contributed by atoms with van der Waals surface area (Å²) in [6.07, 6.45) is 7.04. The fourth-order valence-corrected chi connectivity index (χ4v) is 2.38. The molecule has 0 bridgehead atoms. The standard InChI is InChI=1S/C14H18N6O/c1-11-4-7-19(8-5-11)13-3-2-12(10-15-13)14(21)17-20-9-6-16-18-20/h2-3,6,9-11H,4-5,7-8H2,1H3,(H,17,21). The monoisotopic (exact) mass is 286 g/mol. The second kappa shape index (κ2) is 5.90. The highest BCUT2D eigenvalue weighted by molar-refractivity contribution is 5.99. The molecule has 0 atom stereocenters. The third-order valence-electron chi connectivity index (χ3n) is 3.76. The first-order valence-electron chi connectivity index (χ1n) is 7.11. The lowest BCUT2D eigenvalue weighted by atomic mass is 9.99. The molecule has 2 aromatic rings. The van der Waals surface area contributed by atoms with E-state index in [1.807, 2.05) is 6.07 Å². The van der Waals surface area contributed by atoms with Gasteiger partial charge in [0.05, 0.1) is 18.0 Å². The van der Waals surface area contributed by atoms with Gasteiger partial charge in [-0.15, -0.1) is 5.10 Å². The Morgan fingerprint density at radius 3 is 2.76 bits per heavy atom. The second-order valence-electron chi connectivity index (χ2n) is 5.36. The third kappa shape index (κ3) is 3.18. The van der Waals surface area contributed by atoms with Crippen molar-refractivity contribution in [1.29, 1.82) is 0 Å². The molecule has 1 amide bonds. The molecule has 0 radical (unpaired) electrons. The van der Waals surface area contributed by atoms with Crippen LogP contribution in [0.25, 0.3) is 0 Å². The van der Waals surface area contributed by atoms with Crippen molar-refractivity contribution in [2.75, 3.05) is 23.4 Å². The molecule has 110 valence electrons. The molecule has 1 N–H and O–H groups in total. The number of pyridine rings is 1. The Morgan fingerprint density at radius 1 is 1.33 bits per heavy atom. The summed E-state index contributed by atoms with van der Waals surface area (Å²) in [4.78, 5) is 19.9. The Kier molecular flexibility index (Phi) is 3.81. The molecular formula is C14H18N6O. The van der Waals surface area contributed by atoms with E-state index in [2.05, 4.69) is 32.5 Å². The van der Waals surface area contributed by atoms with Gasteiger partial charge in [0.15, 0.2) is 0 Å². The Labute approximate surface area is 122 Å². The van der Waals surface area contributed by atoms with Gasteiger partial charge in [0.1, 0.15) is 5.82 Å². The molecule has 1 aliphatic heterocycles. The maximum absolute atomic E-state index is 12.0. The Balaban J connectivity index is 1.65. The highest BCUT2D eigenvalue weighted by Gasteiger charge is 2.17. The van der Waals surface area contributed by atoms with Crippen LogP contribution in [0.1, 0.15) is 30.1 Å². The highest BCUT2D eigenvalue weighted by Crippen LogP contribution is 2.21. The molecule has 7 heteroatoms. The summed E-state index contributed by atoms with van der Waals surface area (Å²) in [6, 6.07) is 3.68. The number of carbonyl (C=O) groups is 1. The summed E-state index contributed by atoms with van der Waals surface area (Å²) in [5.41, 5.74) is 3.09. The van der Waals surface area contributed by atoms with Crippen molar-refractivity contribution in [3.63, 3.8) is 0 Å². The Morgan fingerprint density at radius 2 is 2.14 bits per heavy atom. The summed E-state index contributed by atoms with van der Waals surface area (Å²) in [6.45, 7) is 4.33. The number of aromatic nitrogens is 4. The van der Waals surface area contributed by atoms with Gasteiger partial charge in [-0.25, -0.2) is 10.4 Å². The van der Waals surface area contributed by atoms with E-state index >= 15 is 0 Å². The quantitative estimate of drug-likeness (QED) is 0.920. The number of nitrogens with one attached hydrogen (secondary N) is 1. The van der Waals surface area contributed by atoms with Crippen molar-refractivity contribution in [3.05, 3.63) is 36.3 Å². The van der Waals surface area contributed by atoms with Crippen LogP contribution in [0.2, 0.25) is 0 Å². The Hall–Kier alpha value is -2.44. The van der Waals surface area contributed by atoms with Crippen molar-refractivity contribution >= 4 is 11.7 Å². The lowest BCUT2D eigenvalue weighted by Gasteiger charge is -2.31. The fourth-order valence-electron chi connectivity index (χ4n) is 2.38. The maximum Gasteiger partial charge on any atom is 0.272 e. The number of hydrogen-bond donors (Lipinski definition) is 1. The highest BCUT2D eigenvalue weighted by atomic mass is 16.2. The van der Waals surface area contributed by atoms with E-state index in [1.54, 1.807) is 18.5 Å². The third-order valence-corrected chi connectivity index (χ3v) is 3.76. The van der Waals surface area contributed by atoms with Crippen LogP contribution in [0.4, 0.5) is 5.82 Å². The predicted octanol–water partition coefficient (Wildman–Crippen LogP) is 1.29. The number of hydrogen-bond acceptors (Lipinski definition) is 5. The molecule has 0 saturated carbocycles. The van der Waals surface area contributed by atoms with Gasteiger partial charge in [0.2, 0.25) is 0 Å². The molecule has 0 aromatic carbocycles. The molecule has 3 heterocycles. The summed E-state index contributed by atoms with van der Waals surface area (Å²) in [5.74, 6) is 1.46. The number of amides is 1. The van der Waals surface area contributed by atoms with E-state index in [1.165, 1.54) is 23.8 Å².